The van der Waals surface area contributed by atoms with E-state index in [1.165, 1.54) is 36.1 Å². The average molecular weight is 437 g/mol. The first kappa shape index (κ1) is 22.7. The molecular formula is C22H32N2O5S. The summed E-state index contributed by atoms with van der Waals surface area (Å²) in [6.45, 7) is 2.47. The van der Waals surface area contributed by atoms with Crippen LogP contribution in [-0.2, 0) is 24.3 Å². The quantitative estimate of drug-likeness (QED) is 0.628. The van der Waals surface area contributed by atoms with Gasteiger partial charge in [-0.15, -0.1) is 0 Å². The van der Waals surface area contributed by atoms with Gasteiger partial charge in [-0.1, -0.05) is 38.2 Å². The van der Waals surface area contributed by atoms with Crippen LogP contribution in [0.4, 0.5) is 5.69 Å². The third-order valence-electron chi connectivity index (χ3n) is 6.03. The summed E-state index contributed by atoms with van der Waals surface area (Å²) in [5.41, 5.74) is 1.16. The van der Waals surface area contributed by atoms with Crippen LogP contribution in [0.2, 0.25) is 0 Å². The summed E-state index contributed by atoms with van der Waals surface area (Å²) in [7, 11) is -3.58. The first-order valence-electron chi connectivity index (χ1n) is 10.9. The van der Waals surface area contributed by atoms with Crippen molar-refractivity contribution in [2.45, 2.75) is 69.6 Å². The van der Waals surface area contributed by atoms with Crippen LogP contribution in [0.25, 0.3) is 0 Å². The number of esters is 1. The molecule has 0 spiro atoms. The second-order valence-corrected chi connectivity index (χ2v) is 10.3. The molecule has 0 aromatic heterocycles. The molecular weight excluding hydrogens is 404 g/mol. The first-order valence-corrected chi connectivity index (χ1v) is 12.4. The van der Waals surface area contributed by atoms with E-state index >= 15 is 0 Å². The molecule has 1 aromatic rings. The van der Waals surface area contributed by atoms with Crippen LogP contribution in [0.1, 0.15) is 63.4 Å². The zero-order chi connectivity index (χ0) is 21.6. The maximum absolute atomic E-state index is 12.9. The lowest BCUT2D eigenvalue weighted by Crippen LogP contribution is -2.35. The molecule has 166 valence electrons. The van der Waals surface area contributed by atoms with Crippen molar-refractivity contribution in [3.05, 3.63) is 23.8 Å². The summed E-state index contributed by atoms with van der Waals surface area (Å²) in [6.07, 6.45) is 8.72. The van der Waals surface area contributed by atoms with Gasteiger partial charge >= 0.3 is 5.97 Å². The number of carbonyl (C=O) groups is 2. The minimum absolute atomic E-state index is 0.166. The molecule has 1 aromatic carbocycles. The van der Waals surface area contributed by atoms with E-state index < -0.39 is 15.9 Å². The number of hydrogen-bond donors (Lipinski definition) is 1. The van der Waals surface area contributed by atoms with Crippen molar-refractivity contribution in [2.24, 2.45) is 5.92 Å². The normalized spacial score (nSPS) is 18.3. The molecule has 1 aliphatic carbocycles. The van der Waals surface area contributed by atoms with E-state index in [0.717, 1.165) is 31.2 Å². The Morgan fingerprint density at radius 3 is 2.50 bits per heavy atom. The van der Waals surface area contributed by atoms with Gasteiger partial charge in [-0.3, -0.25) is 9.59 Å². The minimum atomic E-state index is -3.58. The van der Waals surface area contributed by atoms with E-state index in [1.807, 2.05) is 0 Å². The van der Waals surface area contributed by atoms with E-state index in [2.05, 4.69) is 5.32 Å². The van der Waals surface area contributed by atoms with E-state index in [1.54, 1.807) is 19.1 Å². The molecule has 8 heteroatoms. The molecule has 2 fully saturated rings. The number of nitrogens with one attached hydrogen (secondary N) is 1. The van der Waals surface area contributed by atoms with Crippen molar-refractivity contribution in [3.8, 4) is 0 Å². The fraction of sp³-hybridized carbons (Fsp3) is 0.636. The number of aryl methyl sites for hydroxylation is 1. The highest BCUT2D eigenvalue weighted by molar-refractivity contribution is 7.89. The highest BCUT2D eigenvalue weighted by atomic mass is 32.2. The summed E-state index contributed by atoms with van der Waals surface area (Å²) in [5, 5.41) is 2.68. The molecule has 7 nitrogen and oxygen atoms in total. The summed E-state index contributed by atoms with van der Waals surface area (Å²) >= 11 is 0. The maximum atomic E-state index is 12.9. The van der Waals surface area contributed by atoms with E-state index in [9.17, 15) is 18.0 Å². The number of hydrogen-bond acceptors (Lipinski definition) is 5. The fourth-order valence-corrected chi connectivity index (χ4v) is 5.72. The Morgan fingerprint density at radius 2 is 1.80 bits per heavy atom. The molecule has 3 rings (SSSR count). The zero-order valence-corrected chi connectivity index (χ0v) is 18.5. The molecule has 0 radical (unpaired) electrons. The Kier molecular flexibility index (Phi) is 7.88. The Bertz CT molecular complexity index is 856. The van der Waals surface area contributed by atoms with Crippen LogP contribution in [-0.4, -0.2) is 44.3 Å². The predicted molar refractivity (Wildman–Crippen MR) is 115 cm³/mol. The van der Waals surface area contributed by atoms with Crippen LogP contribution >= 0.6 is 0 Å². The largest absolute Gasteiger partial charge is 0.456 e. The van der Waals surface area contributed by atoms with Crippen LogP contribution < -0.4 is 5.32 Å². The average Bonchev–Trinajstić information content (AvgIpc) is 3.26. The van der Waals surface area contributed by atoms with E-state index in [4.69, 9.17) is 4.74 Å². The second-order valence-electron chi connectivity index (χ2n) is 8.34. The van der Waals surface area contributed by atoms with Gasteiger partial charge in [0.1, 0.15) is 0 Å². The summed E-state index contributed by atoms with van der Waals surface area (Å²) in [6, 6.07) is 4.73. The molecule has 0 atom stereocenters. The van der Waals surface area contributed by atoms with Crippen LogP contribution in [0.5, 0.6) is 0 Å². The summed E-state index contributed by atoms with van der Waals surface area (Å²) in [4.78, 5) is 24.3. The molecule has 1 amide bonds. The molecule has 1 heterocycles. The first-order chi connectivity index (χ1) is 14.4. The SMILES string of the molecule is Cc1ccc(S(=O)(=O)N2CCCCC2)cc1NC(=O)COC(=O)CCC1CCCC1. The lowest BCUT2D eigenvalue weighted by molar-refractivity contribution is -0.147. The predicted octanol–water partition coefficient (Wildman–Crippen LogP) is 3.62. The molecule has 30 heavy (non-hydrogen) atoms. The third kappa shape index (κ3) is 6.04. The smallest absolute Gasteiger partial charge is 0.306 e. The number of rotatable bonds is 8. The molecule has 1 saturated carbocycles. The van der Waals surface area contributed by atoms with Gasteiger partial charge in [0, 0.05) is 25.2 Å². The molecule has 1 saturated heterocycles. The van der Waals surface area contributed by atoms with Gasteiger partial charge in [0.15, 0.2) is 6.61 Å². The molecule has 0 bridgehead atoms. The number of nitrogens with zero attached hydrogens (tertiary/aromatic N) is 1. The minimum Gasteiger partial charge on any atom is -0.456 e. The molecule has 1 N–H and O–H groups in total. The molecule has 2 aliphatic rings. The Balaban J connectivity index is 1.54. The summed E-state index contributed by atoms with van der Waals surface area (Å²) < 4.78 is 32.3. The third-order valence-corrected chi connectivity index (χ3v) is 7.93. The standard InChI is InChI=1S/C22H32N2O5S/c1-17-9-11-19(30(27,28)24-13-5-2-6-14-24)15-20(17)23-21(25)16-29-22(26)12-10-18-7-3-4-8-18/h9,11,15,18H,2-8,10,12-14,16H2,1H3,(H,23,25). The van der Waals surface area contributed by atoms with Gasteiger partial charge in [-0.2, -0.15) is 4.31 Å². The monoisotopic (exact) mass is 436 g/mol. The highest BCUT2D eigenvalue weighted by Crippen LogP contribution is 2.28. The fourth-order valence-electron chi connectivity index (χ4n) is 4.18. The maximum Gasteiger partial charge on any atom is 0.306 e. The van der Waals surface area contributed by atoms with Crippen LogP contribution in [0.15, 0.2) is 23.1 Å². The number of carbonyl (C=O) groups excluding carboxylic acids is 2. The molecule has 0 unspecified atom stereocenters. The summed E-state index contributed by atoms with van der Waals surface area (Å²) in [5.74, 6) is -0.242. The Morgan fingerprint density at radius 1 is 1.10 bits per heavy atom. The number of sulfonamides is 1. The van der Waals surface area contributed by atoms with Gasteiger partial charge in [-0.05, 0) is 49.8 Å². The highest BCUT2D eigenvalue weighted by Gasteiger charge is 2.26. The Labute approximate surface area is 179 Å². The van der Waals surface area contributed by atoms with Gasteiger partial charge in [0.25, 0.3) is 5.91 Å². The van der Waals surface area contributed by atoms with Crippen molar-refractivity contribution in [2.75, 3.05) is 25.0 Å². The van der Waals surface area contributed by atoms with Crippen molar-refractivity contribution in [3.63, 3.8) is 0 Å². The second kappa shape index (κ2) is 10.4. The number of ether oxygens (including phenoxy) is 1. The Hall–Kier alpha value is -1.93. The molecule has 1 aliphatic heterocycles. The zero-order valence-electron chi connectivity index (χ0n) is 17.7. The van der Waals surface area contributed by atoms with Gasteiger partial charge in [-0.25, -0.2) is 8.42 Å². The van der Waals surface area contributed by atoms with E-state index in [0.29, 0.717) is 31.1 Å². The van der Waals surface area contributed by atoms with Crippen molar-refractivity contribution < 1.29 is 22.7 Å². The lowest BCUT2D eigenvalue weighted by Gasteiger charge is -2.26. The number of amides is 1. The van der Waals surface area contributed by atoms with Gasteiger partial charge < -0.3 is 10.1 Å². The van der Waals surface area contributed by atoms with Crippen molar-refractivity contribution in [1.82, 2.24) is 4.31 Å². The van der Waals surface area contributed by atoms with E-state index in [-0.39, 0.29) is 17.5 Å². The van der Waals surface area contributed by atoms with Crippen molar-refractivity contribution >= 4 is 27.6 Å². The number of piperidine rings is 1. The number of benzene rings is 1. The topological polar surface area (TPSA) is 92.8 Å². The van der Waals surface area contributed by atoms with Crippen LogP contribution in [0, 0.1) is 12.8 Å². The van der Waals surface area contributed by atoms with Crippen LogP contribution in [0.3, 0.4) is 0 Å². The van der Waals surface area contributed by atoms with Crippen molar-refractivity contribution in [1.29, 1.82) is 0 Å². The lowest BCUT2D eigenvalue weighted by atomic mass is 10.0. The number of anilines is 1. The van der Waals surface area contributed by atoms with Gasteiger partial charge in [0.2, 0.25) is 10.0 Å². The van der Waals surface area contributed by atoms with Gasteiger partial charge in [0.05, 0.1) is 4.90 Å².